The molecule has 92 valence electrons. The Hall–Kier alpha value is -2.49. The fourth-order valence-corrected chi connectivity index (χ4v) is 1.69. The van der Waals surface area contributed by atoms with Crippen molar-refractivity contribution in [2.45, 2.75) is 0 Å². The van der Waals surface area contributed by atoms with Crippen molar-refractivity contribution in [1.82, 2.24) is 0 Å². The van der Waals surface area contributed by atoms with Crippen LogP contribution in [-0.2, 0) is 0 Å². The Kier molecular flexibility index (Phi) is 3.19. The number of hydrogen-bond donors (Lipinski definition) is 1. The van der Waals surface area contributed by atoms with Crippen LogP contribution in [0, 0.1) is 0 Å². The summed E-state index contributed by atoms with van der Waals surface area (Å²) in [5, 5.41) is 20.0. The molecule has 0 spiro atoms. The summed E-state index contributed by atoms with van der Waals surface area (Å²) in [6.07, 6.45) is 0. The fourth-order valence-electron chi connectivity index (χ4n) is 1.69. The molecule has 0 aliphatic rings. The standard InChI is InChI=1S/C14H12O4/c1-18-13-8-10(4-7-12(13)14(16)17)9-2-5-11(15)6-3-9/h2-8,15H,1H3,(H,16,17)/p-1. The van der Waals surface area contributed by atoms with E-state index < -0.39 is 5.97 Å². The van der Waals surface area contributed by atoms with Crippen LogP contribution in [0.25, 0.3) is 11.1 Å². The highest BCUT2D eigenvalue weighted by molar-refractivity contribution is 5.92. The molecule has 0 aromatic heterocycles. The van der Waals surface area contributed by atoms with Crippen LogP contribution in [0.5, 0.6) is 11.5 Å². The normalized spacial score (nSPS) is 10.1. The number of carboxylic acids is 1. The van der Waals surface area contributed by atoms with Crippen molar-refractivity contribution in [2.24, 2.45) is 0 Å². The van der Waals surface area contributed by atoms with Gasteiger partial charge >= 0.3 is 5.97 Å². The first-order valence-corrected chi connectivity index (χ1v) is 5.30. The molecular weight excluding hydrogens is 232 g/mol. The molecular formula is C14H11O4-. The number of rotatable bonds is 3. The molecule has 0 fully saturated rings. The quantitative estimate of drug-likeness (QED) is 0.896. The van der Waals surface area contributed by atoms with Crippen LogP contribution < -0.4 is 9.84 Å². The van der Waals surface area contributed by atoms with Crippen molar-refractivity contribution in [3.05, 3.63) is 48.0 Å². The zero-order valence-corrected chi connectivity index (χ0v) is 9.71. The number of methoxy groups -OCH3 is 1. The number of hydrogen-bond acceptors (Lipinski definition) is 3. The summed E-state index contributed by atoms with van der Waals surface area (Å²) in [5.41, 5.74) is 1.75. The van der Waals surface area contributed by atoms with Gasteiger partial charge in [-0.3, -0.25) is 0 Å². The Morgan fingerprint density at radius 3 is 2.28 bits per heavy atom. The minimum atomic E-state index is -1.03. The minimum absolute atomic E-state index is 0.0622. The smallest absolute Gasteiger partial charge is 0.339 e. The average molecular weight is 243 g/mol. The van der Waals surface area contributed by atoms with E-state index in [9.17, 15) is 9.90 Å². The van der Waals surface area contributed by atoms with Gasteiger partial charge in [0.15, 0.2) is 0 Å². The monoisotopic (exact) mass is 243 g/mol. The summed E-state index contributed by atoms with van der Waals surface area (Å²) in [7, 11) is 1.42. The van der Waals surface area contributed by atoms with Crippen molar-refractivity contribution < 1.29 is 19.7 Å². The lowest BCUT2D eigenvalue weighted by Crippen LogP contribution is -2.00. The maximum absolute atomic E-state index is 11.0. The van der Waals surface area contributed by atoms with E-state index in [1.807, 2.05) is 0 Å². The van der Waals surface area contributed by atoms with Crippen molar-refractivity contribution in [3.63, 3.8) is 0 Å². The van der Waals surface area contributed by atoms with Crippen LogP contribution in [-0.4, -0.2) is 18.2 Å². The first-order valence-electron chi connectivity index (χ1n) is 5.30. The SMILES string of the molecule is COc1cc(-c2ccc([O-])cc2)ccc1C(=O)O. The largest absolute Gasteiger partial charge is 0.872 e. The molecule has 0 bridgehead atoms. The predicted molar refractivity (Wildman–Crippen MR) is 64.8 cm³/mol. The molecule has 2 aromatic rings. The topological polar surface area (TPSA) is 69.6 Å². The highest BCUT2D eigenvalue weighted by Crippen LogP contribution is 2.27. The van der Waals surface area contributed by atoms with Crippen LogP contribution in [0.4, 0.5) is 0 Å². The van der Waals surface area contributed by atoms with E-state index in [1.54, 1.807) is 24.3 Å². The zero-order chi connectivity index (χ0) is 13.1. The van der Waals surface area contributed by atoms with E-state index >= 15 is 0 Å². The summed E-state index contributed by atoms with van der Waals surface area (Å²) >= 11 is 0. The zero-order valence-electron chi connectivity index (χ0n) is 9.71. The molecule has 0 saturated heterocycles. The first-order chi connectivity index (χ1) is 8.61. The molecule has 18 heavy (non-hydrogen) atoms. The molecule has 0 aliphatic heterocycles. The van der Waals surface area contributed by atoms with Crippen LogP contribution >= 0.6 is 0 Å². The van der Waals surface area contributed by atoms with E-state index in [0.29, 0.717) is 5.75 Å². The summed E-state index contributed by atoms with van der Waals surface area (Å²) in [4.78, 5) is 11.0. The molecule has 0 atom stereocenters. The van der Waals surface area contributed by atoms with E-state index in [-0.39, 0.29) is 11.3 Å². The first kappa shape index (κ1) is 12.0. The molecule has 1 N–H and O–H groups in total. The van der Waals surface area contributed by atoms with Crippen molar-refractivity contribution in [3.8, 4) is 22.6 Å². The molecule has 4 nitrogen and oxygen atoms in total. The Bertz CT molecular complexity index is 573. The molecule has 0 saturated carbocycles. The van der Waals surface area contributed by atoms with Gasteiger partial charge in [-0.15, -0.1) is 5.75 Å². The third-order valence-electron chi connectivity index (χ3n) is 2.62. The van der Waals surface area contributed by atoms with Gasteiger partial charge < -0.3 is 14.9 Å². The van der Waals surface area contributed by atoms with Crippen molar-refractivity contribution in [1.29, 1.82) is 0 Å². The van der Waals surface area contributed by atoms with Gasteiger partial charge in [-0.2, -0.15) is 0 Å². The third-order valence-corrected chi connectivity index (χ3v) is 2.62. The van der Waals surface area contributed by atoms with Gasteiger partial charge in [0.1, 0.15) is 11.3 Å². The molecule has 2 rings (SSSR count). The predicted octanol–water partition coefficient (Wildman–Crippen LogP) is 2.13. The molecule has 0 amide bonds. The van der Waals surface area contributed by atoms with Crippen molar-refractivity contribution >= 4 is 5.97 Å². The lowest BCUT2D eigenvalue weighted by molar-refractivity contribution is -0.268. The molecule has 2 aromatic carbocycles. The maximum Gasteiger partial charge on any atom is 0.339 e. The van der Waals surface area contributed by atoms with Gasteiger partial charge in [-0.25, -0.2) is 4.79 Å². The second-order valence-electron chi connectivity index (χ2n) is 3.74. The number of carbonyl (C=O) groups is 1. The average Bonchev–Trinajstić information content (AvgIpc) is 2.38. The Morgan fingerprint density at radius 1 is 1.11 bits per heavy atom. The minimum Gasteiger partial charge on any atom is -0.872 e. The maximum atomic E-state index is 11.0. The van der Waals surface area contributed by atoms with E-state index in [2.05, 4.69) is 0 Å². The molecule has 0 aliphatic carbocycles. The van der Waals surface area contributed by atoms with Gasteiger partial charge in [-0.1, -0.05) is 30.3 Å². The van der Waals surface area contributed by atoms with Crippen LogP contribution in [0.3, 0.4) is 0 Å². The molecule has 4 heteroatoms. The van der Waals surface area contributed by atoms with E-state index in [1.165, 1.54) is 25.3 Å². The second-order valence-corrected chi connectivity index (χ2v) is 3.74. The lowest BCUT2D eigenvalue weighted by atomic mass is 10.0. The Balaban J connectivity index is 2.47. The number of aromatic carboxylic acids is 1. The van der Waals surface area contributed by atoms with Gasteiger partial charge in [0.25, 0.3) is 0 Å². The fraction of sp³-hybridized carbons (Fsp3) is 0.0714. The highest BCUT2D eigenvalue weighted by Gasteiger charge is 2.11. The summed E-state index contributed by atoms with van der Waals surface area (Å²) in [6, 6.07) is 11.1. The van der Waals surface area contributed by atoms with Crippen LogP contribution in [0.1, 0.15) is 10.4 Å². The van der Waals surface area contributed by atoms with Crippen molar-refractivity contribution in [2.75, 3.05) is 7.11 Å². The van der Waals surface area contributed by atoms with Gasteiger partial charge in [-0.05, 0) is 23.3 Å². The summed E-state index contributed by atoms with van der Waals surface area (Å²) in [5.74, 6) is -0.799. The lowest BCUT2D eigenvalue weighted by Gasteiger charge is -2.10. The van der Waals surface area contributed by atoms with Gasteiger partial charge in [0, 0.05) is 0 Å². The summed E-state index contributed by atoms with van der Waals surface area (Å²) in [6.45, 7) is 0. The van der Waals surface area contributed by atoms with E-state index in [0.717, 1.165) is 11.1 Å². The van der Waals surface area contributed by atoms with E-state index in [4.69, 9.17) is 9.84 Å². The second kappa shape index (κ2) is 4.79. The molecule has 0 heterocycles. The number of ether oxygens (including phenoxy) is 1. The Labute approximate surface area is 104 Å². The number of carboxylic acid groups (broad SMARTS) is 1. The highest BCUT2D eigenvalue weighted by atomic mass is 16.5. The van der Waals surface area contributed by atoms with Gasteiger partial charge in [0.2, 0.25) is 0 Å². The molecule has 0 radical (unpaired) electrons. The van der Waals surface area contributed by atoms with Crippen LogP contribution in [0.2, 0.25) is 0 Å². The van der Waals surface area contributed by atoms with Crippen LogP contribution in [0.15, 0.2) is 42.5 Å². The van der Waals surface area contributed by atoms with Gasteiger partial charge in [0.05, 0.1) is 7.11 Å². The summed E-state index contributed by atoms with van der Waals surface area (Å²) < 4.78 is 5.05. The third kappa shape index (κ3) is 2.27. The Morgan fingerprint density at radius 2 is 1.72 bits per heavy atom. The molecule has 0 unspecified atom stereocenters. The number of benzene rings is 2.